The third-order valence-corrected chi connectivity index (χ3v) is 2.84. The second kappa shape index (κ2) is 2.76. The molecular formula is C10H17N3. The first-order chi connectivity index (χ1) is 6.13. The van der Waals surface area contributed by atoms with Crippen LogP contribution in [0.1, 0.15) is 38.8 Å². The largest absolute Gasteiger partial charge is 0.369 e. The summed E-state index contributed by atoms with van der Waals surface area (Å²) in [7, 11) is 0. The third kappa shape index (κ3) is 1.55. The van der Waals surface area contributed by atoms with Crippen molar-refractivity contribution in [2.75, 3.05) is 11.9 Å². The minimum Gasteiger partial charge on any atom is -0.369 e. The average molecular weight is 179 g/mol. The van der Waals surface area contributed by atoms with Crippen molar-refractivity contribution in [1.29, 1.82) is 0 Å². The lowest BCUT2D eigenvalue weighted by atomic mass is 10.1. The highest BCUT2D eigenvalue weighted by molar-refractivity contribution is 5.38. The van der Waals surface area contributed by atoms with E-state index in [1.54, 1.807) is 0 Å². The minimum atomic E-state index is 0.482. The molecule has 3 heteroatoms. The highest BCUT2D eigenvalue weighted by Gasteiger charge is 2.47. The van der Waals surface area contributed by atoms with Gasteiger partial charge in [-0.3, -0.25) is 5.10 Å². The number of anilines is 1. The SMILES string of the molecule is CCNc1cc(C2CC2(C)C)[nH]n1. The standard InChI is InChI=1S/C10H17N3/c1-4-11-9-5-8(12-13-9)7-6-10(7,2)3/h5,7H,4,6H2,1-3H3,(H2,11,12,13). The Balaban J connectivity index is 2.07. The average Bonchev–Trinajstić information content (AvgIpc) is 2.52. The quantitative estimate of drug-likeness (QED) is 0.747. The van der Waals surface area contributed by atoms with Crippen LogP contribution < -0.4 is 5.32 Å². The molecule has 0 saturated heterocycles. The van der Waals surface area contributed by atoms with Gasteiger partial charge in [-0.25, -0.2) is 0 Å². The van der Waals surface area contributed by atoms with Crippen molar-refractivity contribution < 1.29 is 0 Å². The van der Waals surface area contributed by atoms with Crippen LogP contribution in [0.2, 0.25) is 0 Å². The lowest BCUT2D eigenvalue weighted by Crippen LogP contribution is -1.95. The molecule has 1 fully saturated rings. The van der Waals surface area contributed by atoms with E-state index in [9.17, 15) is 0 Å². The van der Waals surface area contributed by atoms with Gasteiger partial charge < -0.3 is 5.32 Å². The van der Waals surface area contributed by atoms with E-state index in [-0.39, 0.29) is 0 Å². The van der Waals surface area contributed by atoms with Crippen LogP contribution in [-0.4, -0.2) is 16.7 Å². The van der Waals surface area contributed by atoms with Crippen molar-refractivity contribution in [3.63, 3.8) is 0 Å². The Hall–Kier alpha value is -0.990. The van der Waals surface area contributed by atoms with E-state index < -0.39 is 0 Å². The number of aromatic amines is 1. The summed E-state index contributed by atoms with van der Waals surface area (Å²) in [6.45, 7) is 7.60. The fourth-order valence-corrected chi connectivity index (χ4v) is 1.78. The molecule has 2 N–H and O–H groups in total. The van der Waals surface area contributed by atoms with Gasteiger partial charge in [-0.1, -0.05) is 13.8 Å². The van der Waals surface area contributed by atoms with Gasteiger partial charge >= 0.3 is 0 Å². The zero-order valence-electron chi connectivity index (χ0n) is 8.52. The molecule has 0 amide bonds. The molecule has 1 unspecified atom stereocenters. The number of aromatic nitrogens is 2. The summed E-state index contributed by atoms with van der Waals surface area (Å²) in [4.78, 5) is 0. The normalized spacial score (nSPS) is 24.4. The smallest absolute Gasteiger partial charge is 0.148 e. The Morgan fingerprint density at radius 2 is 2.38 bits per heavy atom. The molecule has 0 aromatic carbocycles. The molecule has 0 bridgehead atoms. The zero-order valence-corrected chi connectivity index (χ0v) is 8.52. The van der Waals surface area contributed by atoms with Crippen LogP contribution in [0.3, 0.4) is 0 Å². The molecule has 0 aliphatic heterocycles. The van der Waals surface area contributed by atoms with E-state index in [4.69, 9.17) is 0 Å². The van der Waals surface area contributed by atoms with Gasteiger partial charge in [0.05, 0.1) is 0 Å². The topological polar surface area (TPSA) is 40.7 Å². The van der Waals surface area contributed by atoms with E-state index in [0.717, 1.165) is 12.4 Å². The lowest BCUT2D eigenvalue weighted by Gasteiger charge is -1.98. The van der Waals surface area contributed by atoms with Gasteiger partial charge in [-0.2, -0.15) is 5.10 Å². The minimum absolute atomic E-state index is 0.482. The second-order valence-electron chi connectivity index (χ2n) is 4.48. The van der Waals surface area contributed by atoms with Crippen LogP contribution >= 0.6 is 0 Å². The Labute approximate surface area is 78.9 Å². The molecule has 1 aromatic heterocycles. The van der Waals surface area contributed by atoms with Crippen molar-refractivity contribution in [2.45, 2.75) is 33.1 Å². The highest BCUT2D eigenvalue weighted by Crippen LogP contribution is 2.58. The highest BCUT2D eigenvalue weighted by atomic mass is 15.2. The second-order valence-corrected chi connectivity index (χ2v) is 4.48. The summed E-state index contributed by atoms with van der Waals surface area (Å²) in [6, 6.07) is 2.13. The van der Waals surface area contributed by atoms with E-state index in [0.29, 0.717) is 11.3 Å². The van der Waals surface area contributed by atoms with Gasteiger partial charge in [0.15, 0.2) is 0 Å². The zero-order chi connectivity index (χ0) is 9.47. The Morgan fingerprint density at radius 1 is 1.69 bits per heavy atom. The molecule has 1 heterocycles. The molecule has 1 atom stereocenters. The molecule has 1 aromatic rings. The summed E-state index contributed by atoms with van der Waals surface area (Å²) in [5.74, 6) is 1.66. The number of H-pyrrole nitrogens is 1. The first-order valence-electron chi connectivity index (χ1n) is 4.92. The molecule has 3 nitrogen and oxygen atoms in total. The molecule has 72 valence electrons. The first kappa shape index (κ1) is 8.60. The van der Waals surface area contributed by atoms with Crippen LogP contribution in [0, 0.1) is 5.41 Å². The third-order valence-electron chi connectivity index (χ3n) is 2.84. The van der Waals surface area contributed by atoms with Crippen LogP contribution in [-0.2, 0) is 0 Å². The fourth-order valence-electron chi connectivity index (χ4n) is 1.78. The monoisotopic (exact) mass is 179 g/mol. The fraction of sp³-hybridized carbons (Fsp3) is 0.700. The van der Waals surface area contributed by atoms with Crippen LogP contribution in [0.5, 0.6) is 0 Å². The molecule has 13 heavy (non-hydrogen) atoms. The van der Waals surface area contributed by atoms with Crippen molar-refractivity contribution >= 4 is 5.82 Å². The van der Waals surface area contributed by atoms with Crippen LogP contribution in [0.15, 0.2) is 6.07 Å². The lowest BCUT2D eigenvalue weighted by molar-refractivity contribution is 0.615. The Bertz CT molecular complexity index is 301. The maximum absolute atomic E-state index is 4.20. The summed E-state index contributed by atoms with van der Waals surface area (Å²) >= 11 is 0. The number of hydrogen-bond donors (Lipinski definition) is 2. The van der Waals surface area contributed by atoms with Crippen molar-refractivity contribution in [2.24, 2.45) is 5.41 Å². The van der Waals surface area contributed by atoms with E-state index in [2.05, 4.69) is 42.4 Å². The van der Waals surface area contributed by atoms with Gasteiger partial charge in [0.2, 0.25) is 0 Å². The summed E-state index contributed by atoms with van der Waals surface area (Å²) in [5, 5.41) is 10.5. The van der Waals surface area contributed by atoms with Gasteiger partial charge in [0.25, 0.3) is 0 Å². The Kier molecular flexibility index (Phi) is 1.82. The predicted molar refractivity (Wildman–Crippen MR) is 53.9 cm³/mol. The maximum atomic E-state index is 4.20. The van der Waals surface area contributed by atoms with Gasteiger partial charge in [-0.05, 0) is 18.8 Å². The molecular weight excluding hydrogens is 162 g/mol. The van der Waals surface area contributed by atoms with Gasteiger partial charge in [0, 0.05) is 24.2 Å². The maximum Gasteiger partial charge on any atom is 0.148 e. The van der Waals surface area contributed by atoms with Crippen molar-refractivity contribution in [3.05, 3.63) is 11.8 Å². The van der Waals surface area contributed by atoms with Gasteiger partial charge in [0.1, 0.15) is 5.82 Å². The van der Waals surface area contributed by atoms with Crippen molar-refractivity contribution in [1.82, 2.24) is 10.2 Å². The number of hydrogen-bond acceptors (Lipinski definition) is 2. The van der Waals surface area contributed by atoms with E-state index >= 15 is 0 Å². The molecule has 0 radical (unpaired) electrons. The molecule has 0 spiro atoms. The van der Waals surface area contributed by atoms with Crippen LogP contribution in [0.25, 0.3) is 0 Å². The summed E-state index contributed by atoms with van der Waals surface area (Å²) in [5.41, 5.74) is 1.76. The number of rotatable bonds is 3. The first-order valence-corrected chi connectivity index (χ1v) is 4.92. The van der Waals surface area contributed by atoms with E-state index in [1.165, 1.54) is 12.1 Å². The van der Waals surface area contributed by atoms with Crippen molar-refractivity contribution in [3.8, 4) is 0 Å². The summed E-state index contributed by atoms with van der Waals surface area (Å²) in [6.07, 6.45) is 1.28. The molecule has 1 aliphatic rings. The van der Waals surface area contributed by atoms with E-state index in [1.807, 2.05) is 0 Å². The molecule has 1 saturated carbocycles. The van der Waals surface area contributed by atoms with Crippen LogP contribution in [0.4, 0.5) is 5.82 Å². The molecule has 1 aliphatic carbocycles. The molecule has 2 rings (SSSR count). The Morgan fingerprint density at radius 3 is 2.92 bits per heavy atom. The number of nitrogens with one attached hydrogen (secondary N) is 2. The number of nitrogens with zero attached hydrogens (tertiary/aromatic N) is 1. The predicted octanol–water partition coefficient (Wildman–Crippen LogP) is 2.35. The van der Waals surface area contributed by atoms with Gasteiger partial charge in [-0.15, -0.1) is 0 Å². The summed E-state index contributed by atoms with van der Waals surface area (Å²) < 4.78 is 0.